The standard InChI is InChI=1S/C32H31N3O5S/c1-7-39-31(38)28-20(4)33-32-35(29(28)23-10-8-18(2)9-11-23)30(37)27(41-32)17-24-16-19(3)34(21(24)5)25-12-14-26(15-13-25)40-22(6)36/h8-17,29H,7H2,1-6H3/b27-17+/t29-/m1/s1. The molecule has 41 heavy (non-hydrogen) atoms. The average Bonchev–Trinajstić information content (AvgIpc) is 3.38. The van der Waals surface area contributed by atoms with Gasteiger partial charge in [0.05, 0.1) is 28.5 Å². The first-order valence-corrected chi connectivity index (χ1v) is 14.1. The fourth-order valence-electron chi connectivity index (χ4n) is 5.16. The lowest BCUT2D eigenvalue weighted by Gasteiger charge is -2.24. The normalized spacial score (nSPS) is 15.0. The van der Waals surface area contributed by atoms with Crippen LogP contribution >= 0.6 is 11.3 Å². The second-order valence-corrected chi connectivity index (χ2v) is 11.0. The van der Waals surface area contributed by atoms with Crippen molar-refractivity contribution >= 4 is 29.4 Å². The highest BCUT2D eigenvalue weighted by Crippen LogP contribution is 2.31. The number of benzene rings is 2. The van der Waals surface area contributed by atoms with Crippen LogP contribution in [0.1, 0.15) is 54.9 Å². The van der Waals surface area contributed by atoms with Gasteiger partial charge in [-0.2, -0.15) is 0 Å². The van der Waals surface area contributed by atoms with Crippen LogP contribution in [-0.2, 0) is 14.3 Å². The summed E-state index contributed by atoms with van der Waals surface area (Å²) in [6.45, 7) is 11.1. The average molecular weight is 570 g/mol. The molecule has 2 aromatic heterocycles. The van der Waals surface area contributed by atoms with E-state index in [0.29, 0.717) is 26.4 Å². The summed E-state index contributed by atoms with van der Waals surface area (Å²) in [6.07, 6.45) is 1.88. The number of hydrogen-bond donors (Lipinski definition) is 0. The van der Waals surface area contributed by atoms with Gasteiger partial charge >= 0.3 is 11.9 Å². The van der Waals surface area contributed by atoms with Gasteiger partial charge in [0.1, 0.15) is 5.75 Å². The summed E-state index contributed by atoms with van der Waals surface area (Å²) >= 11 is 1.30. The van der Waals surface area contributed by atoms with E-state index in [-0.39, 0.29) is 18.1 Å². The minimum atomic E-state index is -0.642. The second-order valence-electron chi connectivity index (χ2n) is 9.96. The Morgan fingerprint density at radius 3 is 2.34 bits per heavy atom. The van der Waals surface area contributed by atoms with Crippen molar-refractivity contribution in [3.8, 4) is 11.4 Å². The third-order valence-electron chi connectivity index (χ3n) is 7.02. The number of hydrogen-bond acceptors (Lipinski definition) is 7. The molecule has 5 rings (SSSR count). The van der Waals surface area contributed by atoms with Gasteiger partial charge in [0.2, 0.25) is 0 Å². The van der Waals surface area contributed by atoms with E-state index in [1.54, 1.807) is 30.5 Å². The first kappa shape index (κ1) is 28.0. The van der Waals surface area contributed by atoms with Crippen molar-refractivity contribution in [1.29, 1.82) is 0 Å². The second kappa shape index (κ2) is 11.2. The monoisotopic (exact) mass is 569 g/mol. The van der Waals surface area contributed by atoms with Gasteiger partial charge < -0.3 is 14.0 Å². The van der Waals surface area contributed by atoms with Crippen molar-refractivity contribution in [3.63, 3.8) is 0 Å². The van der Waals surface area contributed by atoms with E-state index in [1.165, 1.54) is 18.3 Å². The molecule has 1 aliphatic rings. The Morgan fingerprint density at radius 1 is 1.02 bits per heavy atom. The number of carbonyl (C=O) groups excluding carboxylic acids is 2. The van der Waals surface area contributed by atoms with E-state index >= 15 is 0 Å². The van der Waals surface area contributed by atoms with Gasteiger partial charge in [-0.25, -0.2) is 9.79 Å². The number of fused-ring (bicyclic) bond motifs is 1. The number of aromatic nitrogens is 2. The topological polar surface area (TPSA) is 91.9 Å². The van der Waals surface area contributed by atoms with Crippen LogP contribution in [0.25, 0.3) is 11.8 Å². The van der Waals surface area contributed by atoms with Gasteiger partial charge in [-0.15, -0.1) is 0 Å². The zero-order valence-corrected chi connectivity index (χ0v) is 24.7. The maximum atomic E-state index is 14.0. The van der Waals surface area contributed by atoms with Gasteiger partial charge in [0.15, 0.2) is 4.80 Å². The molecule has 210 valence electrons. The van der Waals surface area contributed by atoms with Crippen LogP contribution in [-0.4, -0.2) is 27.7 Å². The van der Waals surface area contributed by atoms with Crippen LogP contribution in [0.2, 0.25) is 0 Å². The van der Waals surface area contributed by atoms with Crippen molar-refractivity contribution in [2.45, 2.75) is 47.6 Å². The molecule has 2 aromatic carbocycles. The molecule has 0 saturated carbocycles. The van der Waals surface area contributed by atoms with E-state index in [0.717, 1.165) is 33.8 Å². The van der Waals surface area contributed by atoms with E-state index in [9.17, 15) is 14.4 Å². The van der Waals surface area contributed by atoms with Crippen LogP contribution in [0.4, 0.5) is 0 Å². The molecule has 1 aliphatic heterocycles. The van der Waals surface area contributed by atoms with Crippen molar-refractivity contribution in [2.24, 2.45) is 4.99 Å². The Bertz CT molecular complexity index is 1870. The summed E-state index contributed by atoms with van der Waals surface area (Å²) in [5.41, 5.74) is 6.32. The van der Waals surface area contributed by atoms with Gasteiger partial charge in [-0.05, 0) is 82.2 Å². The van der Waals surface area contributed by atoms with Crippen LogP contribution < -0.4 is 19.6 Å². The van der Waals surface area contributed by atoms with Crippen LogP contribution in [0.5, 0.6) is 5.75 Å². The van der Waals surface area contributed by atoms with Gasteiger partial charge in [0.25, 0.3) is 5.56 Å². The lowest BCUT2D eigenvalue weighted by Crippen LogP contribution is -2.39. The third kappa shape index (κ3) is 5.32. The van der Waals surface area contributed by atoms with Gasteiger partial charge in [-0.1, -0.05) is 41.2 Å². The maximum absolute atomic E-state index is 14.0. The first-order valence-electron chi connectivity index (χ1n) is 13.3. The van der Waals surface area contributed by atoms with Gasteiger partial charge in [0, 0.05) is 24.0 Å². The molecule has 0 aliphatic carbocycles. The van der Waals surface area contributed by atoms with Crippen molar-refractivity contribution in [2.75, 3.05) is 6.61 Å². The lowest BCUT2D eigenvalue weighted by atomic mass is 9.95. The maximum Gasteiger partial charge on any atom is 0.338 e. The zero-order valence-electron chi connectivity index (χ0n) is 23.8. The molecule has 0 saturated heterocycles. The Labute approximate surface area is 241 Å². The summed E-state index contributed by atoms with van der Waals surface area (Å²) in [6, 6.07) is 16.5. The molecular formula is C32H31N3O5S. The number of rotatable bonds is 6. The molecule has 0 amide bonds. The van der Waals surface area contributed by atoms with E-state index < -0.39 is 12.0 Å². The molecule has 4 aromatic rings. The fraction of sp³-hybridized carbons (Fsp3) is 0.250. The molecule has 1 atom stereocenters. The quantitative estimate of drug-likeness (QED) is 0.253. The SMILES string of the molecule is CCOC(=O)C1=C(C)N=c2s/c(=C/c3cc(C)n(-c4ccc(OC(C)=O)cc4)c3C)c(=O)n2[C@@H]1c1ccc(C)cc1. The van der Waals surface area contributed by atoms with E-state index in [1.807, 2.05) is 69.3 Å². The number of allylic oxidation sites excluding steroid dienone is 1. The number of esters is 2. The summed E-state index contributed by atoms with van der Waals surface area (Å²) in [4.78, 5) is 43.5. The van der Waals surface area contributed by atoms with Gasteiger partial charge in [-0.3, -0.25) is 14.2 Å². The lowest BCUT2D eigenvalue weighted by molar-refractivity contribution is -0.139. The van der Waals surface area contributed by atoms with Crippen LogP contribution in [0.3, 0.4) is 0 Å². The minimum absolute atomic E-state index is 0.218. The summed E-state index contributed by atoms with van der Waals surface area (Å²) < 4.78 is 14.7. The number of ether oxygens (including phenoxy) is 2. The Balaban J connectivity index is 1.62. The molecular weight excluding hydrogens is 538 g/mol. The molecule has 9 heteroatoms. The summed E-state index contributed by atoms with van der Waals surface area (Å²) in [7, 11) is 0. The molecule has 0 unspecified atom stereocenters. The number of aryl methyl sites for hydroxylation is 2. The van der Waals surface area contributed by atoms with Crippen LogP contribution in [0, 0.1) is 20.8 Å². The smallest absolute Gasteiger partial charge is 0.338 e. The van der Waals surface area contributed by atoms with Crippen molar-refractivity contribution in [3.05, 3.63) is 114 Å². The highest BCUT2D eigenvalue weighted by atomic mass is 32.1. The zero-order chi connectivity index (χ0) is 29.4. The predicted molar refractivity (Wildman–Crippen MR) is 158 cm³/mol. The Kier molecular flexibility index (Phi) is 7.64. The Morgan fingerprint density at radius 2 is 1.71 bits per heavy atom. The van der Waals surface area contributed by atoms with Crippen molar-refractivity contribution < 1.29 is 19.1 Å². The fourth-order valence-corrected chi connectivity index (χ4v) is 6.19. The molecule has 0 spiro atoms. The number of carbonyl (C=O) groups is 2. The van der Waals surface area contributed by atoms with Crippen molar-refractivity contribution in [1.82, 2.24) is 9.13 Å². The van der Waals surface area contributed by atoms with Crippen LogP contribution in [0.15, 0.2) is 75.7 Å². The Hall–Kier alpha value is -4.50. The predicted octanol–water partition coefficient (Wildman–Crippen LogP) is 4.44. The number of thiazole rings is 1. The summed E-state index contributed by atoms with van der Waals surface area (Å²) in [5.74, 6) is -0.369. The summed E-state index contributed by atoms with van der Waals surface area (Å²) in [5, 5.41) is 0. The molecule has 0 N–H and O–H groups in total. The molecule has 0 radical (unpaired) electrons. The molecule has 0 bridgehead atoms. The molecule has 0 fully saturated rings. The van der Waals surface area contributed by atoms with E-state index in [2.05, 4.69) is 9.56 Å². The molecule has 3 heterocycles. The third-order valence-corrected chi connectivity index (χ3v) is 8.01. The highest BCUT2D eigenvalue weighted by Gasteiger charge is 2.33. The first-order chi connectivity index (χ1) is 19.6. The van der Waals surface area contributed by atoms with E-state index in [4.69, 9.17) is 9.47 Å². The molecule has 8 nitrogen and oxygen atoms in total. The largest absolute Gasteiger partial charge is 0.463 e. The minimum Gasteiger partial charge on any atom is -0.463 e. The number of nitrogens with zero attached hydrogens (tertiary/aromatic N) is 3. The highest BCUT2D eigenvalue weighted by molar-refractivity contribution is 7.07.